The molecule has 1 atom stereocenters. The van der Waals surface area contributed by atoms with Crippen LogP contribution in [0.4, 0.5) is 5.69 Å². The maximum atomic E-state index is 12.1. The molecule has 1 heterocycles. The molecule has 0 aliphatic carbocycles. The first-order valence-corrected chi connectivity index (χ1v) is 9.12. The molecule has 0 spiro atoms. The highest BCUT2D eigenvalue weighted by molar-refractivity contribution is 6.30. The second kappa shape index (κ2) is 9.29. The average molecular weight is 419 g/mol. The number of nitrogens with one attached hydrogen (secondary N) is 1. The predicted molar refractivity (Wildman–Crippen MR) is 106 cm³/mol. The van der Waals surface area contributed by atoms with Crippen LogP contribution < -0.4 is 14.8 Å². The number of hydrogen-bond acceptors (Lipinski definition) is 7. The molecule has 0 radical (unpaired) electrons. The molecule has 8 nitrogen and oxygen atoms in total. The summed E-state index contributed by atoms with van der Waals surface area (Å²) in [4.78, 5) is 29.0. The Morgan fingerprint density at radius 3 is 2.66 bits per heavy atom. The molecule has 29 heavy (non-hydrogen) atoms. The monoisotopic (exact) mass is 418 g/mol. The molecule has 3 rings (SSSR count). The van der Waals surface area contributed by atoms with E-state index in [9.17, 15) is 9.59 Å². The topological polar surface area (TPSA) is 95.5 Å². The zero-order chi connectivity index (χ0) is 20.8. The maximum Gasteiger partial charge on any atom is 0.347 e. The molecule has 2 aromatic rings. The number of amides is 1. The van der Waals surface area contributed by atoms with E-state index < -0.39 is 24.6 Å². The van der Waals surface area contributed by atoms with Gasteiger partial charge in [-0.05, 0) is 56.3 Å². The van der Waals surface area contributed by atoms with Gasteiger partial charge in [0.05, 0.1) is 5.71 Å². The quantitative estimate of drug-likeness (QED) is 0.420. The van der Waals surface area contributed by atoms with Crippen LogP contribution in [-0.4, -0.2) is 37.1 Å². The highest BCUT2D eigenvalue weighted by atomic mass is 35.5. The van der Waals surface area contributed by atoms with Crippen LogP contribution in [0.1, 0.15) is 19.4 Å². The number of fused-ring (bicyclic) bond motifs is 1. The zero-order valence-electron chi connectivity index (χ0n) is 15.8. The van der Waals surface area contributed by atoms with Crippen molar-refractivity contribution in [2.75, 3.05) is 18.7 Å². The summed E-state index contributed by atoms with van der Waals surface area (Å²) in [5.41, 5.74) is 1.85. The Hall–Kier alpha value is -3.26. The third kappa shape index (κ3) is 5.61. The molecular formula is C20H19ClN2O6. The SMILES string of the molecule is C/C(=N\OCC(=O)OC(C)C(=O)Nc1ccc(Cl)cc1)c1ccc2c(c1)OCO2. The van der Waals surface area contributed by atoms with Gasteiger partial charge in [0.1, 0.15) is 0 Å². The highest BCUT2D eigenvalue weighted by Crippen LogP contribution is 2.32. The molecule has 2 aromatic carbocycles. The Bertz CT molecular complexity index is 929. The molecule has 1 amide bonds. The fourth-order valence-corrected chi connectivity index (χ4v) is 2.54. The molecule has 0 bridgehead atoms. The molecule has 1 aliphatic heterocycles. The van der Waals surface area contributed by atoms with Gasteiger partial charge >= 0.3 is 5.97 Å². The number of halogens is 1. The molecule has 9 heteroatoms. The number of carbonyl (C=O) groups excluding carboxylic acids is 2. The van der Waals surface area contributed by atoms with Crippen molar-refractivity contribution in [1.82, 2.24) is 0 Å². The maximum absolute atomic E-state index is 12.1. The van der Waals surface area contributed by atoms with Crippen LogP contribution in [0.5, 0.6) is 11.5 Å². The van der Waals surface area contributed by atoms with Gasteiger partial charge in [0.25, 0.3) is 5.91 Å². The van der Waals surface area contributed by atoms with E-state index in [-0.39, 0.29) is 6.79 Å². The lowest BCUT2D eigenvalue weighted by Crippen LogP contribution is -2.31. The van der Waals surface area contributed by atoms with E-state index in [1.165, 1.54) is 6.92 Å². The fraction of sp³-hybridized carbons (Fsp3) is 0.250. The van der Waals surface area contributed by atoms with E-state index in [1.54, 1.807) is 49.4 Å². The summed E-state index contributed by atoms with van der Waals surface area (Å²) in [6, 6.07) is 11.9. The van der Waals surface area contributed by atoms with Crippen molar-refractivity contribution in [3.05, 3.63) is 53.1 Å². The molecule has 0 fully saturated rings. The number of benzene rings is 2. The van der Waals surface area contributed by atoms with Crippen LogP contribution in [0.2, 0.25) is 5.02 Å². The number of rotatable bonds is 7. The molecule has 0 saturated carbocycles. The van der Waals surface area contributed by atoms with Gasteiger partial charge in [0.15, 0.2) is 17.6 Å². The molecule has 0 aromatic heterocycles. The smallest absolute Gasteiger partial charge is 0.347 e. The minimum atomic E-state index is -0.999. The van der Waals surface area contributed by atoms with E-state index >= 15 is 0 Å². The van der Waals surface area contributed by atoms with E-state index in [0.29, 0.717) is 27.9 Å². The fourth-order valence-electron chi connectivity index (χ4n) is 2.42. The van der Waals surface area contributed by atoms with Crippen molar-refractivity contribution in [3.8, 4) is 11.5 Å². The van der Waals surface area contributed by atoms with Crippen LogP contribution in [0, 0.1) is 0 Å². The van der Waals surface area contributed by atoms with Gasteiger partial charge in [-0.25, -0.2) is 4.79 Å². The molecule has 1 aliphatic rings. The summed E-state index contributed by atoms with van der Waals surface area (Å²) in [6.07, 6.45) is -0.999. The molecular weight excluding hydrogens is 400 g/mol. The van der Waals surface area contributed by atoms with Gasteiger partial charge in [-0.1, -0.05) is 16.8 Å². The lowest BCUT2D eigenvalue weighted by Gasteiger charge is -2.13. The molecule has 152 valence electrons. The Kier molecular flexibility index (Phi) is 6.56. The Morgan fingerprint density at radius 1 is 1.17 bits per heavy atom. The second-order valence-electron chi connectivity index (χ2n) is 6.15. The van der Waals surface area contributed by atoms with Crippen LogP contribution in [0.15, 0.2) is 47.6 Å². The van der Waals surface area contributed by atoms with Crippen molar-refractivity contribution in [2.45, 2.75) is 20.0 Å². The minimum Gasteiger partial charge on any atom is -0.454 e. The average Bonchev–Trinajstić information content (AvgIpc) is 3.17. The van der Waals surface area contributed by atoms with Gasteiger partial charge in [0.2, 0.25) is 13.4 Å². The standard InChI is InChI=1S/C20H19ClN2O6/c1-12(14-3-8-17-18(9-14)27-11-26-17)23-28-10-19(24)29-13(2)20(25)22-16-6-4-15(21)5-7-16/h3-9,13H,10-11H2,1-2H3,(H,22,25)/b23-12+. The summed E-state index contributed by atoms with van der Waals surface area (Å²) >= 11 is 5.80. The molecule has 0 saturated heterocycles. The molecule has 1 N–H and O–H groups in total. The van der Waals surface area contributed by atoms with Crippen LogP contribution in [0.3, 0.4) is 0 Å². The number of carbonyl (C=O) groups is 2. The summed E-state index contributed by atoms with van der Waals surface area (Å²) < 4.78 is 15.6. The van der Waals surface area contributed by atoms with Gasteiger partial charge in [-0.15, -0.1) is 0 Å². The number of hydrogen-bond donors (Lipinski definition) is 1. The van der Waals surface area contributed by atoms with Crippen LogP contribution >= 0.6 is 11.6 Å². The predicted octanol–water partition coefficient (Wildman–Crippen LogP) is 3.38. The van der Waals surface area contributed by atoms with Gasteiger partial charge in [-0.3, -0.25) is 4.79 Å². The lowest BCUT2D eigenvalue weighted by atomic mass is 10.1. The Morgan fingerprint density at radius 2 is 1.90 bits per heavy atom. The lowest BCUT2D eigenvalue weighted by molar-refractivity contribution is -0.157. The summed E-state index contributed by atoms with van der Waals surface area (Å²) in [5.74, 6) is 0.0978. The van der Waals surface area contributed by atoms with Crippen molar-refractivity contribution in [1.29, 1.82) is 0 Å². The number of nitrogens with zero attached hydrogens (tertiary/aromatic N) is 1. The number of ether oxygens (including phenoxy) is 3. The van der Waals surface area contributed by atoms with E-state index in [2.05, 4.69) is 10.5 Å². The first-order valence-electron chi connectivity index (χ1n) is 8.75. The van der Waals surface area contributed by atoms with Gasteiger partial charge in [0, 0.05) is 16.3 Å². The van der Waals surface area contributed by atoms with Crippen molar-refractivity contribution in [3.63, 3.8) is 0 Å². The minimum absolute atomic E-state index is 0.182. The van der Waals surface area contributed by atoms with Crippen molar-refractivity contribution in [2.24, 2.45) is 5.16 Å². The number of esters is 1. The van der Waals surface area contributed by atoms with Gasteiger partial charge < -0.3 is 24.4 Å². The number of anilines is 1. The van der Waals surface area contributed by atoms with Crippen molar-refractivity contribution >= 4 is 34.9 Å². The molecule has 1 unspecified atom stereocenters. The van der Waals surface area contributed by atoms with Gasteiger partial charge in [-0.2, -0.15) is 0 Å². The van der Waals surface area contributed by atoms with Crippen LogP contribution in [-0.2, 0) is 19.2 Å². The van der Waals surface area contributed by atoms with E-state index in [4.69, 9.17) is 30.6 Å². The largest absolute Gasteiger partial charge is 0.454 e. The van der Waals surface area contributed by atoms with Crippen LogP contribution in [0.25, 0.3) is 0 Å². The van der Waals surface area contributed by atoms with E-state index in [0.717, 1.165) is 5.56 Å². The summed E-state index contributed by atoms with van der Waals surface area (Å²) in [6.45, 7) is 2.94. The normalized spacial score (nSPS) is 13.6. The van der Waals surface area contributed by atoms with Crippen molar-refractivity contribution < 1.29 is 28.6 Å². The first kappa shape index (κ1) is 20.5. The Balaban J connectivity index is 1.45. The third-order valence-electron chi connectivity index (χ3n) is 3.96. The third-order valence-corrected chi connectivity index (χ3v) is 4.22. The van der Waals surface area contributed by atoms with E-state index in [1.807, 2.05) is 0 Å². The Labute approximate surface area is 172 Å². The highest BCUT2D eigenvalue weighted by Gasteiger charge is 2.18. The zero-order valence-corrected chi connectivity index (χ0v) is 16.6. The summed E-state index contributed by atoms with van der Waals surface area (Å²) in [7, 11) is 0. The first-order chi connectivity index (χ1) is 13.9. The summed E-state index contributed by atoms with van der Waals surface area (Å²) in [5, 5.41) is 7.07. The second-order valence-corrected chi connectivity index (χ2v) is 6.58. The number of oxime groups is 1.